The second kappa shape index (κ2) is 4.63. The molecule has 17 heavy (non-hydrogen) atoms. The highest BCUT2D eigenvalue weighted by molar-refractivity contribution is 7.99. The van der Waals surface area contributed by atoms with E-state index < -0.39 is 0 Å². The zero-order valence-corrected chi connectivity index (χ0v) is 10.4. The highest BCUT2D eigenvalue weighted by Gasteiger charge is 2.18. The molecule has 5 heteroatoms. The van der Waals surface area contributed by atoms with Gasteiger partial charge in [-0.2, -0.15) is 0 Å². The molecule has 0 aliphatic carbocycles. The Morgan fingerprint density at radius 2 is 1.88 bits per heavy atom. The van der Waals surface area contributed by atoms with E-state index in [9.17, 15) is 10.1 Å². The van der Waals surface area contributed by atoms with E-state index in [4.69, 9.17) is 0 Å². The van der Waals surface area contributed by atoms with Crippen LogP contribution >= 0.6 is 11.8 Å². The monoisotopic (exact) mass is 248 g/mol. The SMILES string of the molecule is Cc1ccc(Sc2c([N+](=O)[O-])ccn2C)cc1. The number of aryl methyl sites for hydroxylation is 2. The Balaban J connectivity index is 2.32. The van der Waals surface area contributed by atoms with Gasteiger partial charge in [-0.15, -0.1) is 0 Å². The summed E-state index contributed by atoms with van der Waals surface area (Å²) >= 11 is 1.41. The normalized spacial score (nSPS) is 10.5. The molecule has 0 fully saturated rings. The van der Waals surface area contributed by atoms with Gasteiger partial charge >= 0.3 is 5.69 Å². The number of nitrogens with zero attached hydrogens (tertiary/aromatic N) is 2. The van der Waals surface area contributed by atoms with Crippen LogP contribution in [0.2, 0.25) is 0 Å². The van der Waals surface area contributed by atoms with Crippen LogP contribution in [0.4, 0.5) is 5.69 Å². The molecule has 1 aromatic carbocycles. The number of nitro groups is 1. The number of hydrogen-bond acceptors (Lipinski definition) is 3. The smallest absolute Gasteiger partial charge is 0.301 e. The lowest BCUT2D eigenvalue weighted by Gasteiger charge is -2.03. The number of benzene rings is 1. The first-order valence-electron chi connectivity index (χ1n) is 5.12. The fraction of sp³-hybridized carbons (Fsp3) is 0.167. The summed E-state index contributed by atoms with van der Waals surface area (Å²) in [5.41, 5.74) is 1.33. The van der Waals surface area contributed by atoms with Gasteiger partial charge in [-0.3, -0.25) is 10.1 Å². The predicted molar refractivity (Wildman–Crippen MR) is 67.4 cm³/mol. The molecule has 0 aliphatic rings. The molecule has 1 heterocycles. The van der Waals surface area contributed by atoms with Gasteiger partial charge in [0.05, 0.1) is 4.92 Å². The van der Waals surface area contributed by atoms with Gasteiger partial charge in [-0.1, -0.05) is 29.5 Å². The van der Waals surface area contributed by atoms with Crippen molar-refractivity contribution in [2.45, 2.75) is 16.8 Å². The van der Waals surface area contributed by atoms with Gasteiger partial charge in [0.1, 0.15) is 0 Å². The second-order valence-corrected chi connectivity index (χ2v) is 4.85. The van der Waals surface area contributed by atoms with Gasteiger partial charge in [0.15, 0.2) is 5.03 Å². The molecule has 0 spiro atoms. The van der Waals surface area contributed by atoms with Gasteiger partial charge in [-0.05, 0) is 19.1 Å². The van der Waals surface area contributed by atoms with Crippen LogP contribution in [0, 0.1) is 17.0 Å². The molecule has 1 aromatic heterocycles. The van der Waals surface area contributed by atoms with E-state index >= 15 is 0 Å². The van der Waals surface area contributed by atoms with E-state index in [0.29, 0.717) is 5.03 Å². The standard InChI is InChI=1S/C12H12N2O2S/c1-9-3-5-10(6-4-9)17-12-11(14(15)16)7-8-13(12)2/h3-8H,1-2H3. The first-order chi connectivity index (χ1) is 8.08. The lowest BCUT2D eigenvalue weighted by atomic mass is 10.2. The van der Waals surface area contributed by atoms with Gasteiger partial charge in [0, 0.05) is 24.2 Å². The van der Waals surface area contributed by atoms with Crippen molar-refractivity contribution < 1.29 is 4.92 Å². The summed E-state index contributed by atoms with van der Waals surface area (Å²) in [5.74, 6) is 0. The average Bonchev–Trinajstić information content (AvgIpc) is 2.64. The molecule has 0 saturated heterocycles. The van der Waals surface area contributed by atoms with Crippen LogP contribution < -0.4 is 0 Å². The topological polar surface area (TPSA) is 48.1 Å². The van der Waals surface area contributed by atoms with E-state index in [1.54, 1.807) is 10.8 Å². The van der Waals surface area contributed by atoms with Crippen LogP contribution in [-0.2, 0) is 7.05 Å². The fourth-order valence-electron chi connectivity index (χ4n) is 1.48. The summed E-state index contributed by atoms with van der Waals surface area (Å²) in [4.78, 5) is 11.5. The van der Waals surface area contributed by atoms with Gasteiger partial charge in [0.25, 0.3) is 0 Å². The van der Waals surface area contributed by atoms with Crippen molar-refractivity contribution in [2.24, 2.45) is 7.05 Å². The number of rotatable bonds is 3. The zero-order chi connectivity index (χ0) is 12.4. The molecule has 0 unspecified atom stereocenters. The Morgan fingerprint density at radius 1 is 1.24 bits per heavy atom. The molecule has 2 aromatic rings. The predicted octanol–water partition coefficient (Wildman–Crippen LogP) is 3.39. The maximum absolute atomic E-state index is 10.9. The Kier molecular flexibility index (Phi) is 3.19. The van der Waals surface area contributed by atoms with Gasteiger partial charge < -0.3 is 4.57 Å². The maximum atomic E-state index is 10.9. The van der Waals surface area contributed by atoms with E-state index in [0.717, 1.165) is 4.90 Å². The largest absolute Gasteiger partial charge is 0.340 e. The molecule has 0 saturated carbocycles. The minimum absolute atomic E-state index is 0.151. The van der Waals surface area contributed by atoms with E-state index in [-0.39, 0.29) is 10.6 Å². The quantitative estimate of drug-likeness (QED) is 0.618. The summed E-state index contributed by atoms with van der Waals surface area (Å²) in [7, 11) is 1.81. The summed E-state index contributed by atoms with van der Waals surface area (Å²) < 4.78 is 1.77. The van der Waals surface area contributed by atoms with Crippen molar-refractivity contribution in [1.29, 1.82) is 0 Å². The van der Waals surface area contributed by atoms with Crippen molar-refractivity contribution in [3.8, 4) is 0 Å². The number of hydrogen-bond donors (Lipinski definition) is 0. The van der Waals surface area contributed by atoms with Crippen LogP contribution in [0.25, 0.3) is 0 Å². The minimum atomic E-state index is -0.351. The van der Waals surface area contributed by atoms with E-state index in [2.05, 4.69) is 0 Å². The molecule has 0 aliphatic heterocycles. The third-order valence-corrected chi connectivity index (χ3v) is 3.63. The fourth-order valence-corrected chi connectivity index (χ4v) is 2.43. The van der Waals surface area contributed by atoms with Crippen LogP contribution in [0.3, 0.4) is 0 Å². The van der Waals surface area contributed by atoms with Crippen molar-refractivity contribution >= 4 is 17.4 Å². The van der Waals surface area contributed by atoms with Gasteiger partial charge in [0.2, 0.25) is 0 Å². The molecular weight excluding hydrogens is 236 g/mol. The first kappa shape index (κ1) is 11.7. The average molecular weight is 248 g/mol. The summed E-state index contributed by atoms with van der Waals surface area (Å²) in [5, 5.41) is 11.5. The highest BCUT2D eigenvalue weighted by Crippen LogP contribution is 2.35. The molecule has 4 nitrogen and oxygen atoms in total. The second-order valence-electron chi connectivity index (χ2n) is 3.79. The van der Waals surface area contributed by atoms with Crippen LogP contribution in [0.5, 0.6) is 0 Å². The molecule has 0 radical (unpaired) electrons. The van der Waals surface area contributed by atoms with Crippen LogP contribution in [-0.4, -0.2) is 9.49 Å². The molecule has 0 atom stereocenters. The third-order valence-electron chi connectivity index (χ3n) is 2.43. The molecule has 0 N–H and O–H groups in total. The lowest BCUT2D eigenvalue weighted by Crippen LogP contribution is -1.92. The maximum Gasteiger partial charge on any atom is 0.301 e. The van der Waals surface area contributed by atoms with Crippen molar-refractivity contribution in [1.82, 2.24) is 4.57 Å². The Morgan fingerprint density at radius 3 is 2.47 bits per heavy atom. The Labute approximate surface area is 103 Å². The summed E-state index contributed by atoms with van der Waals surface area (Å²) in [6.07, 6.45) is 1.70. The molecule has 0 amide bonds. The highest BCUT2D eigenvalue weighted by atomic mass is 32.2. The van der Waals surface area contributed by atoms with Crippen LogP contribution in [0.1, 0.15) is 5.56 Å². The Bertz CT molecular complexity index is 546. The minimum Gasteiger partial charge on any atom is -0.340 e. The van der Waals surface area contributed by atoms with Crippen molar-refractivity contribution in [3.63, 3.8) is 0 Å². The van der Waals surface area contributed by atoms with Crippen molar-refractivity contribution in [2.75, 3.05) is 0 Å². The first-order valence-corrected chi connectivity index (χ1v) is 5.94. The summed E-state index contributed by atoms with van der Waals surface area (Å²) in [6, 6.07) is 9.46. The van der Waals surface area contributed by atoms with Gasteiger partial charge in [-0.25, -0.2) is 0 Å². The van der Waals surface area contributed by atoms with Crippen LogP contribution in [0.15, 0.2) is 46.5 Å². The third kappa shape index (κ3) is 2.50. The summed E-state index contributed by atoms with van der Waals surface area (Å²) in [6.45, 7) is 2.01. The molecule has 88 valence electrons. The zero-order valence-electron chi connectivity index (χ0n) is 9.58. The van der Waals surface area contributed by atoms with Crippen molar-refractivity contribution in [3.05, 3.63) is 52.2 Å². The van der Waals surface area contributed by atoms with E-state index in [1.165, 1.54) is 23.4 Å². The molecule has 2 rings (SSSR count). The molecular formula is C12H12N2O2S. The van der Waals surface area contributed by atoms with E-state index in [1.807, 2.05) is 38.2 Å². The lowest BCUT2D eigenvalue weighted by molar-refractivity contribution is -0.387. The molecule has 0 bridgehead atoms. The number of aromatic nitrogens is 1. The Hall–Kier alpha value is -1.75.